The lowest BCUT2D eigenvalue weighted by Gasteiger charge is -2.14. The van der Waals surface area contributed by atoms with Gasteiger partial charge in [0.1, 0.15) is 6.61 Å². The Bertz CT molecular complexity index is 538. The van der Waals surface area contributed by atoms with Crippen LogP contribution in [0.1, 0.15) is 18.5 Å². The summed E-state index contributed by atoms with van der Waals surface area (Å²) in [6.45, 7) is 1.40. The summed E-state index contributed by atoms with van der Waals surface area (Å²) in [5.74, 6) is -0.370. The number of aromatic nitrogens is 1. The normalized spacial score (nSPS) is 11.9. The number of benzene rings is 1. The molecule has 1 aromatic carbocycles. The summed E-state index contributed by atoms with van der Waals surface area (Å²) in [5.41, 5.74) is 3.21. The van der Waals surface area contributed by atoms with Gasteiger partial charge >= 0.3 is 0 Å². The number of pyridine rings is 1. The van der Waals surface area contributed by atoms with E-state index in [9.17, 15) is 4.79 Å². The number of carbonyl (C=O) groups excluding carboxylic acids is 1. The second-order valence-electron chi connectivity index (χ2n) is 4.31. The molecule has 0 saturated carbocycles. The van der Waals surface area contributed by atoms with Gasteiger partial charge in [-0.15, -0.1) is 0 Å². The molecule has 0 fully saturated rings. The molecule has 1 amide bonds. The zero-order chi connectivity index (χ0) is 13.7. The van der Waals surface area contributed by atoms with Crippen LogP contribution in [0, 0.1) is 0 Å². The van der Waals surface area contributed by atoms with E-state index in [1.807, 2.05) is 43.3 Å². The van der Waals surface area contributed by atoms with Crippen molar-refractivity contribution >= 4 is 5.91 Å². The molecule has 2 N–H and O–H groups in total. The fraction of sp³-hybridized carbons (Fsp3) is 0.200. The van der Waals surface area contributed by atoms with Crippen molar-refractivity contribution in [3.8, 4) is 11.1 Å². The van der Waals surface area contributed by atoms with Crippen LogP contribution < -0.4 is 5.32 Å². The Morgan fingerprint density at radius 1 is 1.16 bits per heavy atom. The lowest BCUT2D eigenvalue weighted by molar-refractivity contribution is -0.124. The van der Waals surface area contributed by atoms with Crippen molar-refractivity contribution < 1.29 is 9.90 Å². The summed E-state index contributed by atoms with van der Waals surface area (Å²) < 4.78 is 0. The molecule has 0 aliphatic rings. The maximum Gasteiger partial charge on any atom is 0.246 e. The highest BCUT2D eigenvalue weighted by molar-refractivity contribution is 5.77. The summed E-state index contributed by atoms with van der Waals surface area (Å²) in [5, 5.41) is 11.4. The van der Waals surface area contributed by atoms with Gasteiger partial charge in [0.25, 0.3) is 0 Å². The van der Waals surface area contributed by atoms with Crippen LogP contribution in [0.4, 0.5) is 0 Å². The maximum absolute atomic E-state index is 11.1. The first kappa shape index (κ1) is 13.2. The zero-order valence-electron chi connectivity index (χ0n) is 10.7. The van der Waals surface area contributed by atoms with Gasteiger partial charge in [0.2, 0.25) is 5.91 Å². The van der Waals surface area contributed by atoms with E-state index in [0.29, 0.717) is 0 Å². The monoisotopic (exact) mass is 256 g/mol. The molecule has 0 spiro atoms. The largest absolute Gasteiger partial charge is 0.387 e. The van der Waals surface area contributed by atoms with E-state index in [1.54, 1.807) is 12.4 Å². The average Bonchev–Trinajstić information content (AvgIpc) is 2.48. The fourth-order valence-electron chi connectivity index (χ4n) is 1.88. The molecule has 0 saturated heterocycles. The van der Waals surface area contributed by atoms with Crippen molar-refractivity contribution in [3.63, 3.8) is 0 Å². The zero-order valence-corrected chi connectivity index (χ0v) is 10.7. The minimum atomic E-state index is -0.487. The van der Waals surface area contributed by atoms with E-state index >= 15 is 0 Å². The van der Waals surface area contributed by atoms with Crippen molar-refractivity contribution in [1.29, 1.82) is 0 Å². The molecule has 2 aromatic rings. The van der Waals surface area contributed by atoms with Gasteiger partial charge in [0, 0.05) is 12.4 Å². The van der Waals surface area contributed by atoms with Crippen molar-refractivity contribution in [2.45, 2.75) is 13.0 Å². The number of amides is 1. The molecule has 4 nitrogen and oxygen atoms in total. The molecular weight excluding hydrogens is 240 g/mol. The van der Waals surface area contributed by atoms with Gasteiger partial charge in [0.15, 0.2) is 0 Å². The van der Waals surface area contributed by atoms with Gasteiger partial charge in [-0.3, -0.25) is 9.78 Å². The Morgan fingerprint density at radius 2 is 1.74 bits per heavy atom. The van der Waals surface area contributed by atoms with Crippen LogP contribution in [-0.2, 0) is 4.79 Å². The van der Waals surface area contributed by atoms with Crippen molar-refractivity contribution in [1.82, 2.24) is 10.3 Å². The second kappa shape index (κ2) is 6.11. The van der Waals surface area contributed by atoms with Crippen LogP contribution >= 0.6 is 0 Å². The molecule has 4 heteroatoms. The van der Waals surface area contributed by atoms with Crippen molar-refractivity contribution in [2.24, 2.45) is 0 Å². The van der Waals surface area contributed by atoms with Gasteiger partial charge in [-0.05, 0) is 35.7 Å². The van der Waals surface area contributed by atoms with Crippen LogP contribution in [0.5, 0.6) is 0 Å². The van der Waals surface area contributed by atoms with Gasteiger partial charge in [-0.1, -0.05) is 24.3 Å². The van der Waals surface area contributed by atoms with Gasteiger partial charge in [-0.2, -0.15) is 0 Å². The van der Waals surface area contributed by atoms with E-state index in [4.69, 9.17) is 5.11 Å². The number of hydrogen-bond donors (Lipinski definition) is 2. The third-order valence-corrected chi connectivity index (χ3v) is 2.95. The molecule has 0 bridgehead atoms. The predicted octanol–water partition coefficient (Wildman–Crippen LogP) is 1.92. The molecule has 0 aliphatic carbocycles. The Morgan fingerprint density at radius 3 is 2.32 bits per heavy atom. The first-order valence-corrected chi connectivity index (χ1v) is 6.11. The van der Waals surface area contributed by atoms with Gasteiger partial charge < -0.3 is 10.4 Å². The Labute approximate surface area is 112 Å². The maximum atomic E-state index is 11.1. The van der Waals surface area contributed by atoms with E-state index in [1.165, 1.54) is 0 Å². The quantitative estimate of drug-likeness (QED) is 0.878. The smallest absolute Gasteiger partial charge is 0.246 e. The van der Waals surface area contributed by atoms with E-state index in [-0.39, 0.29) is 11.9 Å². The number of rotatable bonds is 4. The van der Waals surface area contributed by atoms with Gasteiger partial charge in [-0.25, -0.2) is 0 Å². The van der Waals surface area contributed by atoms with Crippen molar-refractivity contribution in [2.75, 3.05) is 6.61 Å². The molecule has 98 valence electrons. The van der Waals surface area contributed by atoms with E-state index in [2.05, 4.69) is 10.3 Å². The Balaban J connectivity index is 2.12. The van der Waals surface area contributed by atoms with Gasteiger partial charge in [0.05, 0.1) is 6.04 Å². The van der Waals surface area contributed by atoms with Crippen LogP contribution in [-0.4, -0.2) is 22.6 Å². The highest BCUT2D eigenvalue weighted by atomic mass is 16.3. The SMILES string of the molecule is CC(NC(=O)CO)c1ccc(-c2ccncc2)cc1. The van der Waals surface area contributed by atoms with Crippen LogP contribution in [0.15, 0.2) is 48.8 Å². The lowest BCUT2D eigenvalue weighted by Crippen LogP contribution is -2.28. The fourth-order valence-corrected chi connectivity index (χ4v) is 1.88. The highest BCUT2D eigenvalue weighted by Gasteiger charge is 2.08. The topological polar surface area (TPSA) is 62.2 Å². The molecular formula is C15H16N2O2. The van der Waals surface area contributed by atoms with Crippen molar-refractivity contribution in [3.05, 3.63) is 54.4 Å². The number of carbonyl (C=O) groups is 1. The molecule has 1 atom stereocenters. The summed E-state index contributed by atoms with van der Waals surface area (Å²) in [7, 11) is 0. The molecule has 19 heavy (non-hydrogen) atoms. The second-order valence-corrected chi connectivity index (χ2v) is 4.31. The van der Waals surface area contributed by atoms with E-state index in [0.717, 1.165) is 16.7 Å². The first-order chi connectivity index (χ1) is 9.20. The summed E-state index contributed by atoms with van der Waals surface area (Å²) in [4.78, 5) is 15.1. The Kier molecular flexibility index (Phi) is 4.26. The van der Waals surface area contributed by atoms with E-state index < -0.39 is 6.61 Å². The number of aliphatic hydroxyl groups is 1. The number of nitrogens with one attached hydrogen (secondary N) is 1. The van der Waals surface area contributed by atoms with Crippen LogP contribution in [0.2, 0.25) is 0 Å². The molecule has 1 heterocycles. The summed E-state index contributed by atoms with van der Waals surface area (Å²) in [6, 6.07) is 11.7. The molecule has 1 unspecified atom stereocenters. The molecule has 0 aliphatic heterocycles. The summed E-state index contributed by atoms with van der Waals surface area (Å²) in [6.07, 6.45) is 3.51. The minimum Gasteiger partial charge on any atom is -0.387 e. The highest BCUT2D eigenvalue weighted by Crippen LogP contribution is 2.21. The third-order valence-electron chi connectivity index (χ3n) is 2.95. The molecule has 1 aromatic heterocycles. The molecule has 2 rings (SSSR count). The minimum absolute atomic E-state index is 0.119. The number of aliphatic hydroxyl groups excluding tert-OH is 1. The standard InChI is InChI=1S/C15H16N2O2/c1-11(17-15(19)10-18)12-2-4-13(5-3-12)14-6-8-16-9-7-14/h2-9,11,18H,10H2,1H3,(H,17,19). The average molecular weight is 256 g/mol. The van der Waals surface area contributed by atoms with Crippen LogP contribution in [0.3, 0.4) is 0 Å². The van der Waals surface area contributed by atoms with Crippen LogP contribution in [0.25, 0.3) is 11.1 Å². The Hall–Kier alpha value is -2.20. The predicted molar refractivity (Wildman–Crippen MR) is 73.3 cm³/mol. The first-order valence-electron chi connectivity index (χ1n) is 6.11. The summed E-state index contributed by atoms with van der Waals surface area (Å²) >= 11 is 0. The third kappa shape index (κ3) is 3.39. The number of hydrogen-bond acceptors (Lipinski definition) is 3. The molecule has 0 radical (unpaired) electrons. The number of nitrogens with zero attached hydrogens (tertiary/aromatic N) is 1. The lowest BCUT2D eigenvalue weighted by atomic mass is 10.0.